The summed E-state index contributed by atoms with van der Waals surface area (Å²) in [6.45, 7) is 8.36. The minimum absolute atomic E-state index is 0.321. The summed E-state index contributed by atoms with van der Waals surface area (Å²) in [7, 11) is 0. The van der Waals surface area contributed by atoms with E-state index in [-0.39, 0.29) is 6.09 Å². The maximum atomic E-state index is 12.3. The maximum Gasteiger partial charge on any atom is 0.414 e. The topological polar surface area (TPSA) is 55.6 Å². The number of nitrogen functional groups attached to an aromatic ring is 1. The highest BCUT2D eigenvalue weighted by atomic mass is 35.5. The van der Waals surface area contributed by atoms with Crippen LogP contribution < -0.4 is 5.73 Å². The van der Waals surface area contributed by atoms with Crippen LogP contribution in [-0.2, 0) is 4.74 Å². The molecule has 0 unspecified atom stereocenters. The number of benzene rings is 1. The standard InChI is InChI=1S/C17H23ClN2O2/c1-11-7-13(12-5-6-14(18)15(19)8-12)10-20(9-11)16(21)22-17(2,3)4/h5-6,8,10-11H,7,9,19H2,1-4H3/t11-/m1/s1. The van der Waals surface area contributed by atoms with Crippen molar-refractivity contribution >= 4 is 29.0 Å². The number of carbonyl (C=O) groups is 1. The Hall–Kier alpha value is -1.68. The molecular formula is C17H23ClN2O2. The van der Waals surface area contributed by atoms with E-state index < -0.39 is 5.60 Å². The minimum Gasteiger partial charge on any atom is -0.443 e. The molecule has 120 valence electrons. The number of nitrogens with zero attached hydrogens (tertiary/aromatic N) is 1. The fourth-order valence-corrected chi connectivity index (χ4v) is 2.57. The quantitative estimate of drug-likeness (QED) is 0.772. The summed E-state index contributed by atoms with van der Waals surface area (Å²) in [6, 6.07) is 5.56. The van der Waals surface area contributed by atoms with Crippen molar-refractivity contribution in [1.29, 1.82) is 0 Å². The van der Waals surface area contributed by atoms with E-state index in [0.29, 0.717) is 23.2 Å². The highest BCUT2D eigenvalue weighted by Crippen LogP contribution is 2.31. The Morgan fingerprint density at radius 1 is 1.41 bits per heavy atom. The summed E-state index contributed by atoms with van der Waals surface area (Å²) < 4.78 is 5.45. The second kappa shape index (κ2) is 6.21. The van der Waals surface area contributed by atoms with Crippen molar-refractivity contribution in [3.05, 3.63) is 35.0 Å². The highest BCUT2D eigenvalue weighted by Gasteiger charge is 2.26. The van der Waals surface area contributed by atoms with Gasteiger partial charge in [-0.1, -0.05) is 24.6 Å². The summed E-state index contributed by atoms with van der Waals surface area (Å²) >= 11 is 5.97. The van der Waals surface area contributed by atoms with Gasteiger partial charge in [0.2, 0.25) is 0 Å². The molecule has 1 atom stereocenters. The molecule has 0 saturated heterocycles. The number of nitrogens with two attached hydrogens (primary N) is 1. The second-order valence-electron chi connectivity index (χ2n) is 6.83. The van der Waals surface area contributed by atoms with E-state index in [1.165, 1.54) is 0 Å². The van der Waals surface area contributed by atoms with E-state index >= 15 is 0 Å². The van der Waals surface area contributed by atoms with E-state index in [0.717, 1.165) is 17.6 Å². The molecule has 1 aromatic carbocycles. The van der Waals surface area contributed by atoms with Crippen molar-refractivity contribution < 1.29 is 9.53 Å². The average molecular weight is 323 g/mol. The fraction of sp³-hybridized carbons (Fsp3) is 0.471. The molecule has 1 amide bonds. The molecule has 5 heteroatoms. The van der Waals surface area contributed by atoms with E-state index in [9.17, 15) is 4.79 Å². The number of hydrogen-bond acceptors (Lipinski definition) is 3. The van der Waals surface area contributed by atoms with Crippen molar-refractivity contribution in [3.63, 3.8) is 0 Å². The third-order valence-corrected chi connectivity index (χ3v) is 3.73. The molecule has 0 spiro atoms. The lowest BCUT2D eigenvalue weighted by Crippen LogP contribution is -2.38. The van der Waals surface area contributed by atoms with Crippen LogP contribution in [0, 0.1) is 5.92 Å². The largest absolute Gasteiger partial charge is 0.443 e. The third-order valence-electron chi connectivity index (χ3n) is 3.38. The molecule has 1 heterocycles. The number of hydrogen-bond donors (Lipinski definition) is 1. The second-order valence-corrected chi connectivity index (χ2v) is 7.24. The van der Waals surface area contributed by atoms with Crippen LogP contribution in [0.15, 0.2) is 24.4 Å². The molecule has 1 aromatic rings. The first-order valence-corrected chi connectivity index (χ1v) is 7.79. The Kier molecular flexibility index (Phi) is 4.71. The zero-order valence-corrected chi connectivity index (χ0v) is 14.3. The van der Waals surface area contributed by atoms with Gasteiger partial charge in [-0.15, -0.1) is 0 Å². The van der Waals surface area contributed by atoms with Gasteiger partial charge in [-0.3, -0.25) is 4.90 Å². The molecule has 0 fully saturated rings. The Labute approximate surface area is 136 Å². The average Bonchev–Trinajstić information content (AvgIpc) is 2.39. The van der Waals surface area contributed by atoms with Gasteiger partial charge < -0.3 is 10.5 Å². The molecule has 4 nitrogen and oxygen atoms in total. The van der Waals surface area contributed by atoms with Crippen molar-refractivity contribution in [1.82, 2.24) is 4.90 Å². The van der Waals surface area contributed by atoms with Crippen LogP contribution in [0.3, 0.4) is 0 Å². The van der Waals surface area contributed by atoms with Gasteiger partial charge in [0, 0.05) is 12.7 Å². The van der Waals surface area contributed by atoms with E-state index in [4.69, 9.17) is 22.1 Å². The Balaban J connectivity index is 2.26. The molecule has 0 aromatic heterocycles. The lowest BCUT2D eigenvalue weighted by molar-refractivity contribution is 0.0309. The highest BCUT2D eigenvalue weighted by molar-refractivity contribution is 6.33. The molecule has 0 saturated carbocycles. The predicted molar refractivity (Wildman–Crippen MR) is 90.6 cm³/mol. The summed E-state index contributed by atoms with van der Waals surface area (Å²) in [5.41, 5.74) is 7.97. The molecule has 0 bridgehead atoms. The van der Waals surface area contributed by atoms with E-state index in [1.807, 2.05) is 39.1 Å². The smallest absolute Gasteiger partial charge is 0.414 e. The van der Waals surface area contributed by atoms with Gasteiger partial charge >= 0.3 is 6.09 Å². The first-order valence-electron chi connectivity index (χ1n) is 7.41. The summed E-state index contributed by atoms with van der Waals surface area (Å²) in [4.78, 5) is 13.9. The predicted octanol–water partition coefficient (Wildman–Crippen LogP) is 4.54. The van der Waals surface area contributed by atoms with Crippen LogP contribution in [0.1, 0.15) is 39.7 Å². The Bertz CT molecular complexity index is 605. The third kappa shape index (κ3) is 4.17. The van der Waals surface area contributed by atoms with Gasteiger partial charge in [-0.05, 0) is 56.4 Å². The Morgan fingerprint density at radius 2 is 2.09 bits per heavy atom. The van der Waals surface area contributed by atoms with Gasteiger partial charge in [-0.25, -0.2) is 4.79 Å². The summed E-state index contributed by atoms with van der Waals surface area (Å²) in [6.07, 6.45) is 2.43. The number of amides is 1. The fourth-order valence-electron chi connectivity index (χ4n) is 2.45. The van der Waals surface area contributed by atoms with Crippen molar-refractivity contribution in [2.24, 2.45) is 5.92 Å². The van der Waals surface area contributed by atoms with Crippen molar-refractivity contribution in [2.45, 2.75) is 39.7 Å². The van der Waals surface area contributed by atoms with Gasteiger partial charge in [0.1, 0.15) is 5.60 Å². The number of ether oxygens (including phenoxy) is 1. The SMILES string of the molecule is C[C@@H]1CC(c2ccc(Cl)c(N)c2)=CN(C(=O)OC(C)(C)C)C1. The monoisotopic (exact) mass is 322 g/mol. The Morgan fingerprint density at radius 3 is 2.68 bits per heavy atom. The van der Waals surface area contributed by atoms with Crippen molar-refractivity contribution in [2.75, 3.05) is 12.3 Å². The number of halogens is 1. The van der Waals surface area contributed by atoms with Gasteiger partial charge in [0.05, 0.1) is 10.7 Å². The van der Waals surface area contributed by atoms with Crippen LogP contribution in [0.2, 0.25) is 5.02 Å². The number of allylic oxidation sites excluding steroid dienone is 1. The van der Waals surface area contributed by atoms with Crippen LogP contribution in [0.4, 0.5) is 10.5 Å². The summed E-state index contributed by atoms with van der Waals surface area (Å²) in [5.74, 6) is 0.351. The minimum atomic E-state index is -0.503. The van der Waals surface area contributed by atoms with Crippen molar-refractivity contribution in [3.8, 4) is 0 Å². The number of rotatable bonds is 1. The number of anilines is 1. The van der Waals surface area contributed by atoms with Crippen LogP contribution in [-0.4, -0.2) is 23.1 Å². The zero-order chi connectivity index (χ0) is 16.5. The van der Waals surface area contributed by atoms with Gasteiger partial charge in [0.15, 0.2) is 0 Å². The van der Waals surface area contributed by atoms with E-state index in [2.05, 4.69) is 6.92 Å². The molecule has 22 heavy (non-hydrogen) atoms. The zero-order valence-electron chi connectivity index (χ0n) is 13.5. The molecule has 1 aliphatic rings. The van der Waals surface area contributed by atoms with Crippen LogP contribution >= 0.6 is 11.6 Å². The van der Waals surface area contributed by atoms with E-state index in [1.54, 1.807) is 11.0 Å². The first-order chi connectivity index (χ1) is 10.2. The molecule has 2 rings (SSSR count). The molecule has 0 aliphatic carbocycles. The summed E-state index contributed by atoms with van der Waals surface area (Å²) in [5, 5.41) is 0.539. The lowest BCUT2D eigenvalue weighted by Gasteiger charge is -2.31. The van der Waals surface area contributed by atoms with Gasteiger partial charge in [0.25, 0.3) is 0 Å². The molecule has 0 radical (unpaired) electrons. The number of carbonyl (C=O) groups excluding carboxylic acids is 1. The lowest BCUT2D eigenvalue weighted by atomic mass is 9.92. The molecular weight excluding hydrogens is 300 g/mol. The normalized spacial score (nSPS) is 18.9. The van der Waals surface area contributed by atoms with Gasteiger partial charge in [-0.2, -0.15) is 0 Å². The molecule has 1 aliphatic heterocycles. The first kappa shape index (κ1) is 16.7. The molecule has 2 N–H and O–H groups in total. The maximum absolute atomic E-state index is 12.3. The van der Waals surface area contributed by atoms with Crippen LogP contribution in [0.5, 0.6) is 0 Å². The van der Waals surface area contributed by atoms with Crippen LogP contribution in [0.25, 0.3) is 5.57 Å².